The lowest BCUT2D eigenvalue weighted by atomic mass is 9.84. The molecule has 0 fully saturated rings. The SMILES string of the molecule is Cc1cccc(NC(=O)c2cnn3c2NC2=C(C(=O)CCC2)[C@@H]3c2ccccc2C)c1. The molecule has 0 radical (unpaired) electrons. The Labute approximate surface area is 181 Å². The fraction of sp³-hybridized carbons (Fsp3) is 0.240. The highest BCUT2D eigenvalue weighted by atomic mass is 16.1. The second kappa shape index (κ2) is 7.54. The molecule has 2 aliphatic rings. The first kappa shape index (κ1) is 19.3. The fourth-order valence-corrected chi connectivity index (χ4v) is 4.53. The van der Waals surface area contributed by atoms with Crippen molar-refractivity contribution in [2.45, 2.75) is 39.2 Å². The lowest BCUT2D eigenvalue weighted by Gasteiger charge is -2.34. The molecule has 6 nitrogen and oxygen atoms in total. The number of amides is 1. The van der Waals surface area contributed by atoms with E-state index in [-0.39, 0.29) is 17.7 Å². The molecule has 0 saturated carbocycles. The van der Waals surface area contributed by atoms with E-state index in [1.54, 1.807) is 10.9 Å². The van der Waals surface area contributed by atoms with Crippen molar-refractivity contribution < 1.29 is 9.59 Å². The molecule has 1 aliphatic heterocycles. The summed E-state index contributed by atoms with van der Waals surface area (Å²) in [5.74, 6) is 0.551. The van der Waals surface area contributed by atoms with Crippen LogP contribution in [0, 0.1) is 13.8 Å². The molecule has 1 amide bonds. The van der Waals surface area contributed by atoms with Crippen molar-refractivity contribution in [1.29, 1.82) is 0 Å². The zero-order chi connectivity index (χ0) is 21.5. The second-order valence-electron chi connectivity index (χ2n) is 8.23. The minimum absolute atomic E-state index is 0.147. The molecule has 0 unspecified atom stereocenters. The van der Waals surface area contributed by atoms with Crippen LogP contribution in [0.1, 0.15) is 52.4 Å². The van der Waals surface area contributed by atoms with Crippen LogP contribution in [-0.4, -0.2) is 21.5 Å². The zero-order valence-electron chi connectivity index (χ0n) is 17.6. The number of nitrogens with zero attached hydrogens (tertiary/aromatic N) is 2. The number of Topliss-reactive ketones (excluding diaryl/α,β-unsaturated/α-hetero) is 1. The number of hydrogen-bond donors (Lipinski definition) is 2. The van der Waals surface area contributed by atoms with Crippen LogP contribution in [0.15, 0.2) is 66.0 Å². The van der Waals surface area contributed by atoms with Crippen molar-refractivity contribution in [1.82, 2.24) is 9.78 Å². The average molecular weight is 412 g/mol. The van der Waals surface area contributed by atoms with Crippen molar-refractivity contribution in [2.24, 2.45) is 0 Å². The highest BCUT2D eigenvalue weighted by Gasteiger charge is 2.38. The Bertz CT molecular complexity index is 1240. The fourth-order valence-electron chi connectivity index (χ4n) is 4.53. The van der Waals surface area contributed by atoms with Crippen LogP contribution in [-0.2, 0) is 4.79 Å². The van der Waals surface area contributed by atoms with Gasteiger partial charge in [0.1, 0.15) is 17.4 Å². The third-order valence-corrected chi connectivity index (χ3v) is 6.04. The van der Waals surface area contributed by atoms with Crippen molar-refractivity contribution in [3.8, 4) is 0 Å². The maximum atomic E-state index is 13.1. The standard InChI is InChI=1S/C25H24N4O2/c1-15-7-5-9-17(13-15)27-25(31)19-14-26-29-23(18-10-4-3-8-16(18)2)22-20(28-24(19)29)11-6-12-21(22)30/h3-5,7-10,13-14,23,28H,6,11-12H2,1-2H3,(H,27,31)/t23-/m0/s1. The number of rotatable bonds is 3. The van der Waals surface area contributed by atoms with Gasteiger partial charge in [0.2, 0.25) is 0 Å². The van der Waals surface area contributed by atoms with Crippen LogP contribution in [0.25, 0.3) is 0 Å². The number of benzene rings is 2. The Kier molecular flexibility index (Phi) is 4.70. The molecule has 2 N–H and O–H groups in total. The Morgan fingerprint density at radius 3 is 2.77 bits per heavy atom. The molecule has 1 atom stereocenters. The van der Waals surface area contributed by atoms with Crippen LogP contribution >= 0.6 is 0 Å². The lowest BCUT2D eigenvalue weighted by Crippen LogP contribution is -2.32. The summed E-state index contributed by atoms with van der Waals surface area (Å²) in [5, 5.41) is 10.9. The number of ketones is 1. The number of aryl methyl sites for hydroxylation is 2. The highest BCUT2D eigenvalue weighted by Crippen LogP contribution is 2.42. The average Bonchev–Trinajstić information content (AvgIpc) is 3.17. The predicted molar refractivity (Wildman–Crippen MR) is 120 cm³/mol. The van der Waals surface area contributed by atoms with Gasteiger partial charge in [0.25, 0.3) is 5.91 Å². The van der Waals surface area contributed by atoms with E-state index in [1.165, 1.54) is 0 Å². The summed E-state index contributed by atoms with van der Waals surface area (Å²) in [6, 6.07) is 15.4. The first-order chi connectivity index (χ1) is 15.0. The van der Waals surface area contributed by atoms with E-state index in [4.69, 9.17) is 0 Å². The van der Waals surface area contributed by atoms with E-state index in [1.807, 2.05) is 62.4 Å². The van der Waals surface area contributed by atoms with Crippen LogP contribution in [0.5, 0.6) is 0 Å². The van der Waals surface area contributed by atoms with Gasteiger partial charge in [0.05, 0.1) is 6.20 Å². The van der Waals surface area contributed by atoms with Gasteiger partial charge in [-0.05, 0) is 55.5 Å². The number of carbonyl (C=O) groups is 2. The molecule has 1 aliphatic carbocycles. The number of anilines is 2. The molecule has 156 valence electrons. The smallest absolute Gasteiger partial charge is 0.261 e. The van der Waals surface area contributed by atoms with Gasteiger partial charge in [-0.2, -0.15) is 5.10 Å². The molecule has 0 saturated heterocycles. The summed E-state index contributed by atoms with van der Waals surface area (Å²) in [7, 11) is 0. The Hall–Kier alpha value is -3.67. The number of nitrogens with one attached hydrogen (secondary N) is 2. The van der Waals surface area contributed by atoms with Crippen LogP contribution < -0.4 is 10.6 Å². The van der Waals surface area contributed by atoms with Gasteiger partial charge in [0, 0.05) is 23.4 Å². The van der Waals surface area contributed by atoms with Crippen molar-refractivity contribution in [2.75, 3.05) is 10.6 Å². The maximum Gasteiger partial charge on any atom is 0.261 e. The summed E-state index contributed by atoms with van der Waals surface area (Å²) < 4.78 is 1.79. The topological polar surface area (TPSA) is 76.0 Å². The first-order valence-electron chi connectivity index (χ1n) is 10.6. The summed E-state index contributed by atoms with van der Waals surface area (Å²) in [5.41, 5.74) is 6.06. The number of allylic oxidation sites excluding steroid dienone is 2. The molecule has 31 heavy (non-hydrogen) atoms. The van der Waals surface area contributed by atoms with Crippen molar-refractivity contribution in [3.05, 3.63) is 88.3 Å². The molecular formula is C25H24N4O2. The number of aromatic nitrogens is 2. The van der Waals surface area contributed by atoms with E-state index in [0.717, 1.165) is 46.5 Å². The van der Waals surface area contributed by atoms with E-state index < -0.39 is 0 Å². The van der Waals surface area contributed by atoms with Gasteiger partial charge in [0.15, 0.2) is 5.78 Å². The van der Waals surface area contributed by atoms with Crippen LogP contribution in [0.4, 0.5) is 11.5 Å². The number of hydrogen-bond acceptors (Lipinski definition) is 4. The quantitative estimate of drug-likeness (QED) is 0.649. The van der Waals surface area contributed by atoms with E-state index in [0.29, 0.717) is 17.8 Å². The summed E-state index contributed by atoms with van der Waals surface area (Å²) in [6.45, 7) is 4.03. The molecule has 0 spiro atoms. The Morgan fingerprint density at radius 1 is 1.13 bits per heavy atom. The molecule has 2 aromatic carbocycles. The normalized spacial score (nSPS) is 17.6. The van der Waals surface area contributed by atoms with E-state index in [9.17, 15) is 9.59 Å². The minimum atomic E-state index is -0.333. The van der Waals surface area contributed by atoms with Gasteiger partial charge in [-0.25, -0.2) is 4.68 Å². The lowest BCUT2D eigenvalue weighted by molar-refractivity contribution is -0.116. The maximum absolute atomic E-state index is 13.1. The summed E-state index contributed by atoms with van der Waals surface area (Å²) >= 11 is 0. The molecule has 6 heteroatoms. The van der Waals surface area contributed by atoms with Crippen molar-refractivity contribution >= 4 is 23.2 Å². The number of fused-ring (bicyclic) bond motifs is 1. The molecule has 5 rings (SSSR count). The second-order valence-corrected chi connectivity index (χ2v) is 8.23. The molecule has 1 aromatic heterocycles. The first-order valence-corrected chi connectivity index (χ1v) is 10.6. The van der Waals surface area contributed by atoms with Crippen molar-refractivity contribution in [3.63, 3.8) is 0 Å². The molecule has 2 heterocycles. The molecule has 0 bridgehead atoms. The minimum Gasteiger partial charge on any atom is -0.343 e. The summed E-state index contributed by atoms with van der Waals surface area (Å²) in [4.78, 5) is 26.0. The van der Waals surface area contributed by atoms with Crippen LogP contribution in [0.2, 0.25) is 0 Å². The largest absolute Gasteiger partial charge is 0.343 e. The third-order valence-electron chi connectivity index (χ3n) is 6.04. The van der Waals surface area contributed by atoms with E-state index >= 15 is 0 Å². The summed E-state index contributed by atoms with van der Waals surface area (Å²) in [6.07, 6.45) is 3.72. The van der Waals surface area contributed by atoms with Gasteiger partial charge in [-0.15, -0.1) is 0 Å². The van der Waals surface area contributed by atoms with E-state index in [2.05, 4.69) is 15.7 Å². The van der Waals surface area contributed by atoms with Gasteiger partial charge >= 0.3 is 0 Å². The third kappa shape index (κ3) is 3.34. The van der Waals surface area contributed by atoms with Gasteiger partial charge in [-0.1, -0.05) is 36.4 Å². The number of carbonyl (C=O) groups excluding carboxylic acids is 2. The van der Waals surface area contributed by atoms with Gasteiger partial charge < -0.3 is 10.6 Å². The zero-order valence-corrected chi connectivity index (χ0v) is 17.6. The monoisotopic (exact) mass is 412 g/mol. The molecular weight excluding hydrogens is 388 g/mol. The predicted octanol–water partition coefficient (Wildman–Crippen LogP) is 4.77. The Morgan fingerprint density at radius 2 is 1.97 bits per heavy atom. The molecule has 3 aromatic rings. The Balaban J connectivity index is 1.59. The highest BCUT2D eigenvalue weighted by molar-refractivity contribution is 6.08. The van der Waals surface area contributed by atoms with Gasteiger partial charge in [-0.3, -0.25) is 9.59 Å². The van der Waals surface area contributed by atoms with Crippen LogP contribution in [0.3, 0.4) is 0 Å².